The largest absolute Gasteiger partial charge is 0.0850 e. The lowest BCUT2D eigenvalue weighted by Crippen LogP contribution is -2.11. The summed E-state index contributed by atoms with van der Waals surface area (Å²) in [4.78, 5) is 0. The van der Waals surface area contributed by atoms with Crippen LogP contribution in [0.3, 0.4) is 0 Å². The maximum absolute atomic E-state index is 2.46. The first-order valence-corrected chi connectivity index (χ1v) is 5.01. The highest BCUT2D eigenvalue weighted by atomic mass is 14.8. The van der Waals surface area contributed by atoms with Crippen molar-refractivity contribution in [3.8, 4) is 0 Å². The molecule has 1 saturated carbocycles. The summed E-state index contributed by atoms with van der Waals surface area (Å²) in [6.45, 7) is 12.1. The van der Waals surface area contributed by atoms with Crippen molar-refractivity contribution in [1.29, 1.82) is 0 Å². The van der Waals surface area contributed by atoms with Gasteiger partial charge in [-0.15, -0.1) is 0 Å². The van der Waals surface area contributed by atoms with Crippen LogP contribution in [-0.2, 0) is 0 Å². The highest BCUT2D eigenvalue weighted by molar-refractivity contribution is 5.31. The van der Waals surface area contributed by atoms with E-state index in [1.165, 1.54) is 12.8 Å². The summed E-state index contributed by atoms with van der Waals surface area (Å²) in [5.74, 6) is 0. The summed E-state index contributed by atoms with van der Waals surface area (Å²) < 4.78 is 0. The van der Waals surface area contributed by atoms with Gasteiger partial charge in [-0.05, 0) is 36.0 Å². The van der Waals surface area contributed by atoms with Gasteiger partial charge in [-0.25, -0.2) is 0 Å². The molecule has 0 nitrogen and oxygen atoms in total. The van der Waals surface area contributed by atoms with Crippen molar-refractivity contribution in [1.82, 2.24) is 0 Å². The fraction of sp³-hybridized carbons (Fsp3) is 0.833. The van der Waals surface area contributed by atoms with Crippen molar-refractivity contribution in [2.75, 3.05) is 0 Å². The fourth-order valence-corrected chi connectivity index (χ4v) is 3.46. The van der Waals surface area contributed by atoms with E-state index < -0.39 is 0 Å². The van der Waals surface area contributed by atoms with E-state index in [2.05, 4.69) is 40.7 Å². The second-order valence-electron chi connectivity index (χ2n) is 5.72. The number of fused-ring (bicyclic) bond motifs is 1. The smallest absolute Gasteiger partial charge is 0.0170 e. The minimum Gasteiger partial charge on any atom is -0.0850 e. The summed E-state index contributed by atoms with van der Waals surface area (Å²) in [6.07, 6.45) is 5.05. The Morgan fingerprint density at radius 1 is 1.08 bits per heavy atom. The predicted molar refractivity (Wildman–Crippen MR) is 53.0 cm³/mol. The second-order valence-corrected chi connectivity index (χ2v) is 5.72. The van der Waals surface area contributed by atoms with Gasteiger partial charge in [-0.3, -0.25) is 0 Å². The summed E-state index contributed by atoms with van der Waals surface area (Å²) >= 11 is 0. The first-order chi connectivity index (χ1) is 5.35. The number of hydrogen-bond donors (Lipinski definition) is 0. The summed E-state index contributed by atoms with van der Waals surface area (Å²) in [5, 5.41) is 0. The molecule has 0 heterocycles. The quantitative estimate of drug-likeness (QED) is 0.478. The summed E-state index contributed by atoms with van der Waals surface area (Å²) in [6, 6.07) is 0. The van der Waals surface area contributed by atoms with Gasteiger partial charge in [0.15, 0.2) is 0 Å². The normalized spacial score (nSPS) is 49.6. The molecule has 0 spiro atoms. The monoisotopic (exact) mass is 164 g/mol. The molecule has 2 atom stereocenters. The third-order valence-corrected chi connectivity index (χ3v) is 5.41. The van der Waals surface area contributed by atoms with Crippen molar-refractivity contribution in [2.45, 2.75) is 47.5 Å². The van der Waals surface area contributed by atoms with E-state index in [1.807, 2.05) is 0 Å². The van der Waals surface area contributed by atoms with Crippen LogP contribution in [0.5, 0.6) is 0 Å². The molecule has 0 aliphatic heterocycles. The standard InChI is InChI=1S/C12H20/c1-9-6-7-11(4)10(2,3)12(11,5)8-9/h6H,7-8H2,1-5H3/t11-,12+/m0/s1. The molecule has 12 heavy (non-hydrogen) atoms. The molecule has 2 aliphatic carbocycles. The van der Waals surface area contributed by atoms with Crippen LogP contribution in [0.25, 0.3) is 0 Å². The zero-order valence-corrected chi connectivity index (χ0v) is 8.99. The third kappa shape index (κ3) is 0.582. The van der Waals surface area contributed by atoms with Crippen LogP contribution in [0.1, 0.15) is 47.5 Å². The Hall–Kier alpha value is -0.260. The molecule has 0 bridgehead atoms. The Bertz CT molecular complexity index is 259. The van der Waals surface area contributed by atoms with Gasteiger partial charge in [0.25, 0.3) is 0 Å². The van der Waals surface area contributed by atoms with Gasteiger partial charge in [0.2, 0.25) is 0 Å². The van der Waals surface area contributed by atoms with Crippen LogP contribution in [-0.4, -0.2) is 0 Å². The average Bonchev–Trinajstić information content (AvgIpc) is 2.28. The van der Waals surface area contributed by atoms with Crippen LogP contribution in [0, 0.1) is 16.2 Å². The molecule has 68 valence electrons. The van der Waals surface area contributed by atoms with Gasteiger partial charge < -0.3 is 0 Å². The molecule has 1 fully saturated rings. The third-order valence-electron chi connectivity index (χ3n) is 5.41. The maximum Gasteiger partial charge on any atom is -0.0170 e. The molecule has 0 saturated heterocycles. The molecular formula is C12H20. The minimum absolute atomic E-state index is 0.550. The van der Waals surface area contributed by atoms with Gasteiger partial charge >= 0.3 is 0 Å². The highest BCUT2D eigenvalue weighted by Gasteiger charge is 2.76. The van der Waals surface area contributed by atoms with Gasteiger partial charge in [-0.1, -0.05) is 39.3 Å². The van der Waals surface area contributed by atoms with E-state index in [1.54, 1.807) is 5.57 Å². The Morgan fingerprint density at radius 2 is 1.67 bits per heavy atom. The van der Waals surface area contributed by atoms with E-state index in [0.29, 0.717) is 16.2 Å². The van der Waals surface area contributed by atoms with E-state index in [9.17, 15) is 0 Å². The Balaban J connectivity index is 2.38. The lowest BCUT2D eigenvalue weighted by atomic mass is 9.83. The van der Waals surface area contributed by atoms with Gasteiger partial charge in [0, 0.05) is 0 Å². The number of hydrogen-bond acceptors (Lipinski definition) is 0. The van der Waals surface area contributed by atoms with E-state index in [-0.39, 0.29) is 0 Å². The molecule has 0 aromatic rings. The van der Waals surface area contributed by atoms with Crippen LogP contribution in [0.4, 0.5) is 0 Å². The second kappa shape index (κ2) is 1.81. The zero-order valence-electron chi connectivity index (χ0n) is 8.99. The Kier molecular flexibility index (Phi) is 1.26. The molecule has 2 rings (SSSR count). The van der Waals surface area contributed by atoms with Crippen LogP contribution in [0.15, 0.2) is 11.6 Å². The topological polar surface area (TPSA) is 0 Å². The summed E-state index contributed by atoms with van der Waals surface area (Å²) in [5.41, 5.74) is 3.31. The van der Waals surface area contributed by atoms with E-state index in [0.717, 1.165) is 0 Å². The molecule has 0 amide bonds. The highest BCUT2D eigenvalue weighted by Crippen LogP contribution is 2.82. The zero-order chi connectivity index (χ0) is 9.20. The molecule has 0 unspecified atom stereocenters. The molecular weight excluding hydrogens is 144 g/mol. The Labute approximate surface area is 76.1 Å². The first-order valence-electron chi connectivity index (χ1n) is 5.01. The van der Waals surface area contributed by atoms with Crippen molar-refractivity contribution in [3.63, 3.8) is 0 Å². The minimum atomic E-state index is 0.550. The lowest BCUT2D eigenvalue weighted by Gasteiger charge is -2.22. The molecule has 2 aliphatic rings. The predicted octanol–water partition coefficient (Wildman–Crippen LogP) is 3.78. The van der Waals surface area contributed by atoms with Crippen molar-refractivity contribution >= 4 is 0 Å². The Morgan fingerprint density at radius 3 is 2.08 bits per heavy atom. The molecule has 0 aromatic heterocycles. The molecule has 0 radical (unpaired) electrons. The number of rotatable bonds is 0. The maximum atomic E-state index is 2.46. The van der Waals surface area contributed by atoms with Crippen LogP contribution < -0.4 is 0 Å². The fourth-order valence-electron chi connectivity index (χ4n) is 3.46. The molecule has 0 N–H and O–H groups in total. The van der Waals surface area contributed by atoms with E-state index >= 15 is 0 Å². The molecule has 0 heteroatoms. The lowest BCUT2D eigenvalue weighted by molar-refractivity contribution is 0.369. The van der Waals surface area contributed by atoms with E-state index in [4.69, 9.17) is 0 Å². The molecule has 0 aromatic carbocycles. The van der Waals surface area contributed by atoms with Crippen LogP contribution in [0.2, 0.25) is 0 Å². The average molecular weight is 164 g/mol. The SMILES string of the molecule is CC1=CC[C@@]2(C)C(C)(C)[C@@]2(C)C1. The van der Waals surface area contributed by atoms with Gasteiger partial charge in [-0.2, -0.15) is 0 Å². The van der Waals surface area contributed by atoms with Crippen molar-refractivity contribution in [2.24, 2.45) is 16.2 Å². The van der Waals surface area contributed by atoms with Gasteiger partial charge in [0.05, 0.1) is 0 Å². The van der Waals surface area contributed by atoms with Crippen molar-refractivity contribution < 1.29 is 0 Å². The number of allylic oxidation sites excluding steroid dienone is 2. The first kappa shape index (κ1) is 8.34. The van der Waals surface area contributed by atoms with Gasteiger partial charge in [0.1, 0.15) is 0 Å². The summed E-state index contributed by atoms with van der Waals surface area (Å²) in [7, 11) is 0. The van der Waals surface area contributed by atoms with Crippen molar-refractivity contribution in [3.05, 3.63) is 11.6 Å². The van der Waals surface area contributed by atoms with Crippen LogP contribution >= 0.6 is 0 Å².